The third-order valence-electron chi connectivity index (χ3n) is 0.359. The van der Waals surface area contributed by atoms with Crippen molar-refractivity contribution in [2.24, 2.45) is 11.6 Å². The maximum Gasteiger partial charge on any atom is 0.0827 e. The normalized spacial score (nSPS) is 10.9. The Kier molecular flexibility index (Phi) is 20.6. The zero-order valence-electron chi connectivity index (χ0n) is 4.66. The van der Waals surface area contributed by atoms with E-state index in [2.05, 4.69) is 10.7 Å². The Balaban J connectivity index is -0.000000125. The van der Waals surface area contributed by atoms with E-state index in [1.165, 1.54) is 0 Å². The Bertz CT molecular complexity index is 36.5. The average Bonchev–Trinajstić information content (AvgIpc) is 1.35. The number of halogens is 2. The number of rotatable bonds is 2. The minimum absolute atomic E-state index is 0. The van der Waals surface area contributed by atoms with Crippen molar-refractivity contribution in [3.05, 3.63) is 0 Å². The molecule has 0 radical (unpaired) electrons. The highest BCUT2D eigenvalue weighted by Gasteiger charge is 1.86. The molecule has 0 aromatic rings. The molecule has 0 aromatic carbocycles. The van der Waals surface area contributed by atoms with Crippen molar-refractivity contribution in [2.75, 3.05) is 6.61 Å². The second-order valence-corrected chi connectivity index (χ2v) is 1.31. The average molecular weight is 163 g/mol. The molecule has 0 spiro atoms. The molecular weight excluding hydrogens is 151 g/mol. The van der Waals surface area contributed by atoms with Gasteiger partial charge in [0, 0.05) is 6.04 Å². The predicted molar refractivity (Wildman–Crippen MR) is 38.3 cm³/mol. The van der Waals surface area contributed by atoms with Gasteiger partial charge in [0.05, 0.1) is 6.61 Å². The first-order chi connectivity index (χ1) is 2.77. The lowest BCUT2D eigenvalue weighted by atomic mass is 10.4. The molecular formula is C3H12Cl2N2O. The van der Waals surface area contributed by atoms with E-state index in [0.29, 0.717) is 6.61 Å². The fraction of sp³-hybridized carbons (Fsp3) is 1.00. The molecule has 0 aliphatic carbocycles. The van der Waals surface area contributed by atoms with Crippen molar-refractivity contribution < 1.29 is 4.84 Å². The van der Waals surface area contributed by atoms with Crippen LogP contribution in [0.15, 0.2) is 0 Å². The highest BCUT2D eigenvalue weighted by molar-refractivity contribution is 5.85. The van der Waals surface area contributed by atoms with E-state index >= 15 is 0 Å². The molecule has 0 amide bonds. The van der Waals surface area contributed by atoms with Gasteiger partial charge in [0.2, 0.25) is 0 Å². The Hall–Kier alpha value is 0.460. The summed E-state index contributed by atoms with van der Waals surface area (Å²) < 4.78 is 0. The molecule has 8 heavy (non-hydrogen) atoms. The van der Waals surface area contributed by atoms with Gasteiger partial charge in [0.1, 0.15) is 0 Å². The highest BCUT2D eigenvalue weighted by atomic mass is 35.5. The summed E-state index contributed by atoms with van der Waals surface area (Å²) >= 11 is 0. The first-order valence-electron chi connectivity index (χ1n) is 1.84. The van der Waals surface area contributed by atoms with Crippen LogP contribution < -0.4 is 11.6 Å². The van der Waals surface area contributed by atoms with Gasteiger partial charge in [0.15, 0.2) is 0 Å². The zero-order chi connectivity index (χ0) is 4.99. The molecule has 0 saturated heterocycles. The van der Waals surface area contributed by atoms with Crippen LogP contribution in [-0.2, 0) is 4.84 Å². The van der Waals surface area contributed by atoms with Gasteiger partial charge in [-0.2, -0.15) is 0 Å². The largest absolute Gasteiger partial charge is 0.326 e. The molecule has 54 valence electrons. The van der Waals surface area contributed by atoms with Gasteiger partial charge in [-0.15, -0.1) is 24.8 Å². The molecule has 1 unspecified atom stereocenters. The molecule has 4 N–H and O–H groups in total. The molecule has 3 nitrogen and oxygen atoms in total. The van der Waals surface area contributed by atoms with Crippen LogP contribution in [0.4, 0.5) is 0 Å². The lowest BCUT2D eigenvalue weighted by Crippen LogP contribution is -2.23. The Morgan fingerprint density at radius 3 is 1.88 bits per heavy atom. The standard InChI is InChI=1S/C3H10N2O.2ClH/c1-3(4)2-6-5;;/h3H,2,4-5H2,1H3;2*1H. The van der Waals surface area contributed by atoms with Gasteiger partial charge in [-0.25, -0.2) is 5.90 Å². The summed E-state index contributed by atoms with van der Waals surface area (Å²) in [6.45, 7) is 2.26. The maximum absolute atomic E-state index is 5.20. The van der Waals surface area contributed by atoms with E-state index in [1.54, 1.807) is 0 Å². The summed E-state index contributed by atoms with van der Waals surface area (Å²) in [5, 5.41) is 0. The first kappa shape index (κ1) is 15.8. The SMILES string of the molecule is CC(N)CON.Cl.Cl. The third-order valence-corrected chi connectivity index (χ3v) is 0.359. The van der Waals surface area contributed by atoms with Crippen LogP contribution in [0, 0.1) is 0 Å². The van der Waals surface area contributed by atoms with Crippen molar-refractivity contribution in [1.82, 2.24) is 0 Å². The van der Waals surface area contributed by atoms with Crippen LogP contribution in [0.3, 0.4) is 0 Å². The summed E-state index contributed by atoms with van der Waals surface area (Å²) in [6.07, 6.45) is 0. The summed E-state index contributed by atoms with van der Waals surface area (Å²) in [7, 11) is 0. The van der Waals surface area contributed by atoms with E-state index < -0.39 is 0 Å². The van der Waals surface area contributed by atoms with Gasteiger partial charge in [-0.05, 0) is 6.92 Å². The van der Waals surface area contributed by atoms with Crippen molar-refractivity contribution in [2.45, 2.75) is 13.0 Å². The quantitative estimate of drug-likeness (QED) is 0.566. The van der Waals surface area contributed by atoms with Gasteiger partial charge >= 0.3 is 0 Å². The summed E-state index contributed by atoms with van der Waals surface area (Å²) in [5.41, 5.74) is 5.20. The molecule has 0 aromatic heterocycles. The minimum atomic E-state index is 0. The predicted octanol–water partition coefficient (Wildman–Crippen LogP) is 0.0675. The number of hydrogen-bond acceptors (Lipinski definition) is 3. The second kappa shape index (κ2) is 10.4. The van der Waals surface area contributed by atoms with Crippen molar-refractivity contribution in [3.63, 3.8) is 0 Å². The van der Waals surface area contributed by atoms with Crippen molar-refractivity contribution in [1.29, 1.82) is 0 Å². The molecule has 0 heterocycles. The van der Waals surface area contributed by atoms with Crippen LogP contribution >= 0.6 is 24.8 Å². The van der Waals surface area contributed by atoms with Crippen LogP contribution in [0.25, 0.3) is 0 Å². The Morgan fingerprint density at radius 2 is 1.88 bits per heavy atom. The molecule has 0 rings (SSSR count). The highest BCUT2D eigenvalue weighted by Crippen LogP contribution is 1.68. The molecule has 0 aliphatic rings. The molecule has 0 aliphatic heterocycles. The maximum atomic E-state index is 5.20. The van der Waals surface area contributed by atoms with E-state index in [9.17, 15) is 0 Å². The smallest absolute Gasteiger partial charge is 0.0827 e. The fourth-order valence-electron chi connectivity index (χ4n) is 0.152. The van der Waals surface area contributed by atoms with Gasteiger partial charge in [-0.1, -0.05) is 0 Å². The van der Waals surface area contributed by atoms with E-state index in [0.717, 1.165) is 0 Å². The summed E-state index contributed by atoms with van der Waals surface area (Å²) in [4.78, 5) is 4.18. The van der Waals surface area contributed by atoms with Gasteiger partial charge < -0.3 is 10.6 Å². The lowest BCUT2D eigenvalue weighted by Gasteiger charge is -1.97. The fourth-order valence-corrected chi connectivity index (χ4v) is 0.152. The molecule has 1 atom stereocenters. The number of nitrogens with two attached hydrogens (primary N) is 2. The third kappa shape index (κ3) is 16.1. The summed E-state index contributed by atoms with van der Waals surface area (Å²) in [5.74, 6) is 4.65. The van der Waals surface area contributed by atoms with Crippen molar-refractivity contribution in [3.8, 4) is 0 Å². The Labute approximate surface area is 61.5 Å². The minimum Gasteiger partial charge on any atom is -0.326 e. The van der Waals surface area contributed by atoms with Crippen LogP contribution in [0.1, 0.15) is 6.92 Å². The topological polar surface area (TPSA) is 61.3 Å². The second-order valence-electron chi connectivity index (χ2n) is 1.31. The lowest BCUT2D eigenvalue weighted by molar-refractivity contribution is 0.128. The van der Waals surface area contributed by atoms with E-state index in [-0.39, 0.29) is 30.9 Å². The van der Waals surface area contributed by atoms with E-state index in [1.807, 2.05) is 6.92 Å². The van der Waals surface area contributed by atoms with Gasteiger partial charge in [0.25, 0.3) is 0 Å². The molecule has 5 heteroatoms. The number of hydrogen-bond donors (Lipinski definition) is 2. The Morgan fingerprint density at radius 1 is 1.50 bits per heavy atom. The monoisotopic (exact) mass is 162 g/mol. The first-order valence-corrected chi connectivity index (χ1v) is 1.84. The van der Waals surface area contributed by atoms with Gasteiger partial charge in [-0.3, -0.25) is 0 Å². The summed E-state index contributed by atoms with van der Waals surface area (Å²) in [6, 6.07) is 0.0509. The molecule has 0 bridgehead atoms. The van der Waals surface area contributed by atoms with E-state index in [4.69, 9.17) is 5.73 Å². The van der Waals surface area contributed by atoms with Crippen molar-refractivity contribution >= 4 is 24.8 Å². The van der Waals surface area contributed by atoms with Crippen LogP contribution in [0.2, 0.25) is 0 Å². The molecule has 0 saturated carbocycles. The zero-order valence-corrected chi connectivity index (χ0v) is 6.30. The molecule has 0 fully saturated rings. The van der Waals surface area contributed by atoms with Crippen LogP contribution in [0.5, 0.6) is 0 Å². The van der Waals surface area contributed by atoms with Crippen LogP contribution in [-0.4, -0.2) is 12.6 Å².